The molecule has 0 aromatic heterocycles. The molecule has 1 fully saturated rings. The summed E-state index contributed by atoms with van der Waals surface area (Å²) < 4.78 is 0. The average molecular weight is 394 g/mol. The molecule has 1 saturated carbocycles. The Bertz CT molecular complexity index is 858. The molecule has 0 aliphatic heterocycles. The topological polar surface area (TPSA) is 98.7 Å². The highest BCUT2D eigenvalue weighted by Gasteiger charge is 2.47. The van der Waals surface area contributed by atoms with E-state index >= 15 is 0 Å². The molecule has 1 amide bonds. The largest absolute Gasteiger partial charge is 0.480 e. The molecule has 0 saturated heterocycles. The molecule has 2 aromatic carbocycles. The Morgan fingerprint density at radius 1 is 1.03 bits per heavy atom. The first-order valence-corrected chi connectivity index (χ1v) is 9.81. The molecule has 4 N–H and O–H groups in total. The van der Waals surface area contributed by atoms with E-state index in [-0.39, 0.29) is 5.92 Å². The van der Waals surface area contributed by atoms with Crippen LogP contribution in [0.2, 0.25) is 0 Å². The van der Waals surface area contributed by atoms with E-state index in [9.17, 15) is 14.7 Å². The van der Waals surface area contributed by atoms with Crippen molar-refractivity contribution in [2.75, 3.05) is 0 Å². The van der Waals surface area contributed by atoms with E-state index in [1.165, 1.54) is 6.08 Å². The fourth-order valence-corrected chi connectivity index (χ4v) is 4.11. The zero-order chi connectivity index (χ0) is 20.7. The van der Waals surface area contributed by atoms with Gasteiger partial charge in [-0.05, 0) is 41.5 Å². The summed E-state index contributed by atoms with van der Waals surface area (Å²) in [6.07, 6.45) is 6.72. The van der Waals surface area contributed by atoms with Crippen LogP contribution in [0.3, 0.4) is 0 Å². The maximum atomic E-state index is 12.5. The number of hydrogen-bond acceptors (Lipinski definition) is 4. The Kier molecular flexibility index (Phi) is 6.80. The fourth-order valence-electron chi connectivity index (χ4n) is 4.11. The number of aliphatic carboxylic acids is 1. The minimum Gasteiger partial charge on any atom is -0.480 e. The van der Waals surface area contributed by atoms with Crippen molar-refractivity contribution in [1.29, 1.82) is 0 Å². The molecule has 0 unspecified atom stereocenters. The lowest BCUT2D eigenvalue weighted by atomic mass is 9.76. The van der Waals surface area contributed by atoms with E-state index in [2.05, 4.69) is 5.32 Å². The van der Waals surface area contributed by atoms with Crippen molar-refractivity contribution in [3.8, 4) is 0 Å². The van der Waals surface area contributed by atoms with Gasteiger partial charge in [-0.25, -0.2) is 10.3 Å². The highest BCUT2D eigenvalue weighted by Crippen LogP contribution is 2.41. The number of carboxylic acids is 1. The van der Waals surface area contributed by atoms with E-state index in [0.29, 0.717) is 6.54 Å². The van der Waals surface area contributed by atoms with Crippen LogP contribution in [-0.2, 0) is 21.7 Å². The van der Waals surface area contributed by atoms with Crippen LogP contribution in [-0.4, -0.2) is 22.2 Å². The SMILES string of the molecule is O=C(/C=C/c1ccc(CN[C@@](C(=O)O)(c2ccccc2)C2CCCC2)cc1)NO. The van der Waals surface area contributed by atoms with Crippen LogP contribution in [0.4, 0.5) is 0 Å². The van der Waals surface area contributed by atoms with Gasteiger partial charge in [-0.2, -0.15) is 0 Å². The lowest BCUT2D eigenvalue weighted by Gasteiger charge is -2.37. The minimum atomic E-state index is -1.12. The highest BCUT2D eigenvalue weighted by atomic mass is 16.5. The van der Waals surface area contributed by atoms with Gasteiger partial charge in [-0.3, -0.25) is 15.3 Å². The molecule has 152 valence electrons. The van der Waals surface area contributed by atoms with Crippen molar-refractivity contribution >= 4 is 18.0 Å². The predicted octanol–water partition coefficient (Wildman–Crippen LogP) is 3.47. The first-order valence-electron chi connectivity index (χ1n) is 9.81. The maximum absolute atomic E-state index is 12.5. The molecule has 2 aromatic rings. The van der Waals surface area contributed by atoms with Crippen molar-refractivity contribution in [1.82, 2.24) is 10.8 Å². The number of benzene rings is 2. The third-order valence-corrected chi connectivity index (χ3v) is 5.62. The number of carbonyl (C=O) groups is 2. The summed E-state index contributed by atoms with van der Waals surface area (Å²) in [4.78, 5) is 23.6. The van der Waals surface area contributed by atoms with Gasteiger partial charge >= 0.3 is 5.97 Å². The van der Waals surface area contributed by atoms with E-state index in [0.717, 1.165) is 42.4 Å². The van der Waals surface area contributed by atoms with E-state index < -0.39 is 17.4 Å². The Hall–Kier alpha value is -2.96. The van der Waals surface area contributed by atoms with Crippen molar-refractivity contribution in [3.63, 3.8) is 0 Å². The summed E-state index contributed by atoms with van der Waals surface area (Å²) in [6, 6.07) is 16.9. The monoisotopic (exact) mass is 394 g/mol. The normalized spacial score (nSPS) is 16.6. The second-order valence-corrected chi connectivity index (χ2v) is 7.37. The summed E-state index contributed by atoms with van der Waals surface area (Å²) >= 11 is 0. The minimum absolute atomic E-state index is 0.0431. The van der Waals surface area contributed by atoms with Crippen LogP contribution in [0, 0.1) is 5.92 Å². The molecule has 0 radical (unpaired) electrons. The first kappa shape index (κ1) is 20.8. The molecule has 0 spiro atoms. The summed E-state index contributed by atoms with van der Waals surface area (Å²) in [7, 11) is 0. The zero-order valence-electron chi connectivity index (χ0n) is 16.2. The molecule has 29 heavy (non-hydrogen) atoms. The molecule has 0 heterocycles. The number of amides is 1. The van der Waals surface area contributed by atoms with Crippen LogP contribution >= 0.6 is 0 Å². The summed E-state index contributed by atoms with van der Waals surface area (Å²) in [5, 5.41) is 22.2. The number of hydroxylamine groups is 1. The number of rotatable bonds is 8. The van der Waals surface area contributed by atoms with Crippen LogP contribution in [0.1, 0.15) is 42.4 Å². The summed E-state index contributed by atoms with van der Waals surface area (Å²) in [6.45, 7) is 0.415. The molecule has 1 aliphatic carbocycles. The predicted molar refractivity (Wildman–Crippen MR) is 110 cm³/mol. The Balaban J connectivity index is 1.81. The number of carbonyl (C=O) groups excluding carboxylic acids is 1. The third kappa shape index (κ3) is 4.72. The molecular formula is C23H26N2O4. The van der Waals surface area contributed by atoms with Gasteiger partial charge in [0.25, 0.3) is 5.91 Å². The van der Waals surface area contributed by atoms with Gasteiger partial charge in [-0.15, -0.1) is 0 Å². The van der Waals surface area contributed by atoms with Gasteiger partial charge in [0.2, 0.25) is 0 Å². The lowest BCUT2D eigenvalue weighted by Crippen LogP contribution is -2.53. The van der Waals surface area contributed by atoms with Gasteiger partial charge in [-0.1, -0.05) is 67.4 Å². The maximum Gasteiger partial charge on any atom is 0.328 e. The molecule has 3 rings (SSSR count). The zero-order valence-corrected chi connectivity index (χ0v) is 16.2. The molecule has 1 atom stereocenters. The second kappa shape index (κ2) is 9.49. The van der Waals surface area contributed by atoms with Crippen LogP contribution in [0.25, 0.3) is 6.08 Å². The second-order valence-electron chi connectivity index (χ2n) is 7.37. The third-order valence-electron chi connectivity index (χ3n) is 5.62. The Labute approximate surface area is 170 Å². The highest BCUT2D eigenvalue weighted by molar-refractivity contribution is 5.90. The first-order chi connectivity index (χ1) is 14.1. The molecular weight excluding hydrogens is 368 g/mol. The van der Waals surface area contributed by atoms with Crippen molar-refractivity contribution in [2.24, 2.45) is 5.92 Å². The van der Waals surface area contributed by atoms with Crippen LogP contribution < -0.4 is 10.8 Å². The smallest absolute Gasteiger partial charge is 0.328 e. The number of carboxylic acid groups (broad SMARTS) is 1. The van der Waals surface area contributed by atoms with E-state index in [1.54, 1.807) is 11.6 Å². The molecule has 6 nitrogen and oxygen atoms in total. The van der Waals surface area contributed by atoms with Crippen molar-refractivity contribution in [2.45, 2.75) is 37.8 Å². The van der Waals surface area contributed by atoms with Gasteiger partial charge in [0, 0.05) is 12.6 Å². The summed E-state index contributed by atoms with van der Waals surface area (Å²) in [5.74, 6) is -1.40. The summed E-state index contributed by atoms with van der Waals surface area (Å²) in [5.41, 5.74) is 2.97. The van der Waals surface area contributed by atoms with Crippen molar-refractivity contribution in [3.05, 3.63) is 77.4 Å². The average Bonchev–Trinajstić information content (AvgIpc) is 3.29. The van der Waals surface area contributed by atoms with Crippen LogP contribution in [0.15, 0.2) is 60.7 Å². The molecule has 1 aliphatic rings. The number of nitrogens with one attached hydrogen (secondary N) is 2. The van der Waals surface area contributed by atoms with E-state index in [4.69, 9.17) is 5.21 Å². The standard InChI is InChI=1S/C23H26N2O4/c26-21(25-29)15-14-17-10-12-18(13-11-17)16-24-23(22(27)28,20-8-4-5-9-20)19-6-2-1-3-7-19/h1-3,6-7,10-15,20,24,29H,4-5,8-9,16H2,(H,25,26)(H,27,28)/b15-14+/t23-/m0/s1. The van der Waals surface area contributed by atoms with Gasteiger partial charge < -0.3 is 5.11 Å². The van der Waals surface area contributed by atoms with Gasteiger partial charge in [0.05, 0.1) is 0 Å². The van der Waals surface area contributed by atoms with Gasteiger partial charge in [0.1, 0.15) is 5.54 Å². The molecule has 0 bridgehead atoms. The van der Waals surface area contributed by atoms with Gasteiger partial charge in [0.15, 0.2) is 0 Å². The van der Waals surface area contributed by atoms with Crippen molar-refractivity contribution < 1.29 is 19.9 Å². The Morgan fingerprint density at radius 2 is 1.69 bits per heavy atom. The lowest BCUT2D eigenvalue weighted by molar-refractivity contribution is -0.148. The Morgan fingerprint density at radius 3 is 2.28 bits per heavy atom. The quantitative estimate of drug-likeness (QED) is 0.312. The fraction of sp³-hybridized carbons (Fsp3) is 0.304. The van der Waals surface area contributed by atoms with Crippen LogP contribution in [0.5, 0.6) is 0 Å². The number of hydrogen-bond donors (Lipinski definition) is 4. The van der Waals surface area contributed by atoms with E-state index in [1.807, 2.05) is 54.6 Å². The molecule has 6 heteroatoms.